The smallest absolute Gasteiger partial charge is 0.323 e. The maximum absolute atomic E-state index is 13.3. The predicted octanol–water partition coefficient (Wildman–Crippen LogP) is 4.39. The summed E-state index contributed by atoms with van der Waals surface area (Å²) >= 11 is 1.32. The van der Waals surface area contributed by atoms with Gasteiger partial charge in [-0.05, 0) is 48.2 Å². The second kappa shape index (κ2) is 13.6. The molecule has 4 amide bonds. The van der Waals surface area contributed by atoms with Crippen molar-refractivity contribution in [1.82, 2.24) is 19.4 Å². The topological polar surface area (TPSA) is 119 Å². The number of sulfonamides is 1. The van der Waals surface area contributed by atoms with E-state index in [1.807, 2.05) is 25.1 Å². The third-order valence-corrected chi connectivity index (χ3v) is 10.1. The molecule has 0 radical (unpaired) electrons. The number of carbonyl (C=O) groups is 3. The van der Waals surface area contributed by atoms with Gasteiger partial charge in [-0.15, -0.1) is 11.3 Å². The Hall–Kier alpha value is -3.58. The highest BCUT2D eigenvalue weighted by Crippen LogP contribution is 2.38. The van der Waals surface area contributed by atoms with Crippen molar-refractivity contribution < 1.29 is 22.8 Å². The molecule has 3 aromatic rings. The number of nitrogens with zero attached hydrogens (tertiary/aromatic N) is 3. The lowest BCUT2D eigenvalue weighted by Gasteiger charge is -2.27. The number of urea groups is 1. The molecule has 224 valence electrons. The highest BCUT2D eigenvalue weighted by Gasteiger charge is 2.30. The molecule has 0 saturated carbocycles. The van der Waals surface area contributed by atoms with E-state index in [1.165, 1.54) is 50.4 Å². The molecule has 1 aliphatic heterocycles. The third-order valence-electron chi connectivity index (χ3n) is 7.12. The van der Waals surface area contributed by atoms with Crippen LogP contribution in [0.15, 0.2) is 59.5 Å². The zero-order valence-corrected chi connectivity index (χ0v) is 26.0. The van der Waals surface area contributed by atoms with Crippen LogP contribution in [-0.2, 0) is 29.5 Å². The number of carbonyl (C=O) groups excluding carboxylic acids is 3. The number of rotatable bonds is 10. The molecule has 12 heteroatoms. The first kappa shape index (κ1) is 31.4. The number of amides is 4. The first-order valence-corrected chi connectivity index (χ1v) is 16.1. The van der Waals surface area contributed by atoms with E-state index >= 15 is 0 Å². The third kappa shape index (κ3) is 7.24. The average molecular weight is 612 g/mol. The molecular formula is C30H37N5O5S2. The van der Waals surface area contributed by atoms with Crippen LogP contribution in [-0.4, -0.2) is 74.6 Å². The van der Waals surface area contributed by atoms with Crippen LogP contribution >= 0.6 is 11.3 Å². The molecule has 0 bridgehead atoms. The van der Waals surface area contributed by atoms with Gasteiger partial charge in [0.05, 0.1) is 10.5 Å². The van der Waals surface area contributed by atoms with Crippen molar-refractivity contribution in [2.75, 3.05) is 39.5 Å². The van der Waals surface area contributed by atoms with Crippen molar-refractivity contribution in [3.63, 3.8) is 0 Å². The van der Waals surface area contributed by atoms with Gasteiger partial charge in [0.15, 0.2) is 0 Å². The minimum atomic E-state index is -3.67. The van der Waals surface area contributed by atoms with Gasteiger partial charge in [-0.3, -0.25) is 19.8 Å². The van der Waals surface area contributed by atoms with E-state index in [2.05, 4.69) is 27.7 Å². The standard InChI is InChI=1S/C30H37N5O5S2/c1-5-6-17-34(4)42(39,40)23-14-12-22(13-15-23)27(36)31-29-26(28(37)32-30(38)33(2)3)24-16-18-35(20-25(24)41-29)19-21-10-8-7-9-11-21/h7-15H,5-6,16-20H2,1-4H3,(H,31,36)(H,32,37,38). The maximum atomic E-state index is 13.3. The van der Waals surface area contributed by atoms with Crippen LogP contribution in [0.1, 0.15) is 56.5 Å². The lowest BCUT2D eigenvalue weighted by atomic mass is 10.0. The summed E-state index contributed by atoms with van der Waals surface area (Å²) < 4.78 is 27.0. The molecule has 0 fully saturated rings. The fourth-order valence-corrected chi connectivity index (χ4v) is 7.16. The van der Waals surface area contributed by atoms with E-state index < -0.39 is 27.9 Å². The molecule has 2 aromatic carbocycles. The van der Waals surface area contributed by atoms with Crippen LogP contribution in [0.5, 0.6) is 0 Å². The van der Waals surface area contributed by atoms with Gasteiger partial charge in [0.1, 0.15) is 5.00 Å². The molecule has 2 N–H and O–H groups in total. The van der Waals surface area contributed by atoms with Crippen LogP contribution in [0.25, 0.3) is 0 Å². The summed E-state index contributed by atoms with van der Waals surface area (Å²) in [6, 6.07) is 15.3. The number of hydrogen-bond acceptors (Lipinski definition) is 7. The Labute approximate surface area is 251 Å². The van der Waals surface area contributed by atoms with Crippen LogP contribution in [0, 0.1) is 0 Å². The number of benzene rings is 2. The number of nitrogens with one attached hydrogen (secondary N) is 2. The zero-order chi connectivity index (χ0) is 30.4. The van der Waals surface area contributed by atoms with Gasteiger partial charge in [-0.2, -0.15) is 0 Å². The van der Waals surface area contributed by atoms with Crippen molar-refractivity contribution >= 4 is 44.2 Å². The molecule has 0 atom stereocenters. The predicted molar refractivity (Wildman–Crippen MR) is 164 cm³/mol. The SMILES string of the molecule is CCCCN(C)S(=O)(=O)c1ccc(C(=O)Nc2sc3c(c2C(=O)NC(=O)N(C)C)CCN(Cc2ccccc2)C3)cc1. The highest BCUT2D eigenvalue weighted by atomic mass is 32.2. The quantitative estimate of drug-likeness (QED) is 0.351. The Bertz CT molecular complexity index is 1540. The Kier molecular flexibility index (Phi) is 10.2. The van der Waals surface area contributed by atoms with Crippen LogP contribution in [0.2, 0.25) is 0 Å². The van der Waals surface area contributed by atoms with Gasteiger partial charge in [0.25, 0.3) is 11.8 Å². The molecule has 4 rings (SSSR count). The molecule has 1 aliphatic rings. The number of hydrogen-bond donors (Lipinski definition) is 2. The van der Waals surface area contributed by atoms with E-state index in [9.17, 15) is 22.8 Å². The zero-order valence-electron chi connectivity index (χ0n) is 24.3. The molecule has 1 aromatic heterocycles. The average Bonchev–Trinajstić information content (AvgIpc) is 3.33. The minimum Gasteiger partial charge on any atom is -0.331 e. The van der Waals surface area contributed by atoms with Crippen molar-refractivity contribution in [3.8, 4) is 0 Å². The second-order valence-corrected chi connectivity index (χ2v) is 13.6. The lowest BCUT2D eigenvalue weighted by molar-refractivity contribution is 0.0956. The van der Waals surface area contributed by atoms with E-state index in [4.69, 9.17) is 0 Å². The number of thiophene rings is 1. The molecule has 10 nitrogen and oxygen atoms in total. The number of anilines is 1. The first-order valence-electron chi connectivity index (χ1n) is 13.8. The second-order valence-electron chi connectivity index (χ2n) is 10.5. The summed E-state index contributed by atoms with van der Waals surface area (Å²) in [5, 5.41) is 5.61. The van der Waals surface area contributed by atoms with Crippen molar-refractivity contribution in [2.45, 2.75) is 44.2 Å². The van der Waals surface area contributed by atoms with E-state index in [0.717, 1.165) is 36.4 Å². The molecule has 0 spiro atoms. The molecule has 42 heavy (non-hydrogen) atoms. The Morgan fingerprint density at radius 1 is 0.976 bits per heavy atom. The van der Waals surface area contributed by atoms with Gasteiger partial charge in [-0.1, -0.05) is 43.7 Å². The molecule has 2 heterocycles. The van der Waals surface area contributed by atoms with Crippen molar-refractivity contribution in [2.24, 2.45) is 0 Å². The van der Waals surface area contributed by atoms with Gasteiger partial charge >= 0.3 is 6.03 Å². The Balaban J connectivity index is 1.57. The first-order chi connectivity index (χ1) is 20.0. The Morgan fingerprint density at radius 3 is 2.31 bits per heavy atom. The summed E-state index contributed by atoms with van der Waals surface area (Å²) in [5.74, 6) is -1.06. The number of fused-ring (bicyclic) bond motifs is 1. The molecule has 0 saturated heterocycles. The summed E-state index contributed by atoms with van der Waals surface area (Å²) in [7, 11) is 0.957. The van der Waals surface area contributed by atoms with E-state index in [0.29, 0.717) is 24.5 Å². The van der Waals surface area contributed by atoms with Crippen molar-refractivity contribution in [3.05, 3.63) is 81.7 Å². The molecule has 0 unspecified atom stereocenters. The molecular weight excluding hydrogens is 574 g/mol. The van der Waals surface area contributed by atoms with Gasteiger partial charge in [0.2, 0.25) is 10.0 Å². The van der Waals surface area contributed by atoms with E-state index in [-0.39, 0.29) is 16.0 Å². The number of unbranched alkanes of at least 4 members (excludes halogenated alkanes) is 1. The van der Waals surface area contributed by atoms with Gasteiger partial charge in [-0.25, -0.2) is 17.5 Å². The summed E-state index contributed by atoms with van der Waals surface area (Å²) in [6.45, 7) is 4.48. The summed E-state index contributed by atoms with van der Waals surface area (Å²) in [6.07, 6.45) is 2.21. The maximum Gasteiger partial charge on any atom is 0.323 e. The van der Waals surface area contributed by atoms with E-state index in [1.54, 1.807) is 21.1 Å². The Morgan fingerprint density at radius 2 is 1.67 bits per heavy atom. The fraction of sp³-hybridized carbons (Fsp3) is 0.367. The van der Waals surface area contributed by atoms with Gasteiger partial charge < -0.3 is 10.2 Å². The summed E-state index contributed by atoms with van der Waals surface area (Å²) in [4.78, 5) is 43.5. The van der Waals surface area contributed by atoms with Crippen molar-refractivity contribution in [1.29, 1.82) is 0 Å². The lowest BCUT2D eigenvalue weighted by Crippen LogP contribution is -2.39. The molecule has 0 aliphatic carbocycles. The summed E-state index contributed by atoms with van der Waals surface area (Å²) in [5.41, 5.74) is 2.54. The largest absolute Gasteiger partial charge is 0.331 e. The monoisotopic (exact) mass is 611 g/mol. The number of imide groups is 1. The minimum absolute atomic E-state index is 0.102. The van der Waals surface area contributed by atoms with Crippen LogP contribution < -0.4 is 10.6 Å². The fourth-order valence-electron chi connectivity index (χ4n) is 4.67. The highest BCUT2D eigenvalue weighted by molar-refractivity contribution is 7.89. The van der Waals surface area contributed by atoms with Crippen LogP contribution in [0.4, 0.5) is 9.80 Å². The van der Waals surface area contributed by atoms with Crippen LogP contribution in [0.3, 0.4) is 0 Å². The normalized spacial score (nSPS) is 13.5. The van der Waals surface area contributed by atoms with Gasteiger partial charge in [0, 0.05) is 57.8 Å².